The van der Waals surface area contributed by atoms with Crippen LogP contribution in [0.3, 0.4) is 0 Å². The zero-order chi connectivity index (χ0) is 20.9. The number of nitrogens with one attached hydrogen (secondary N) is 2. The van der Waals surface area contributed by atoms with Gasteiger partial charge < -0.3 is 19.8 Å². The minimum absolute atomic E-state index is 0.464. The van der Waals surface area contributed by atoms with Crippen molar-refractivity contribution in [2.75, 3.05) is 19.7 Å². The standard InChI is InChI=1S/C24H30N4O2/c1-2-25-24(26-15-9-10-16-29-18-20-11-5-3-6-12-20)27-17-22-19-30-23(28-22)21-13-7-4-8-14-21/h3-8,11-14,19H,2,9-10,15-18H2,1H3,(H2,25,26,27). The topological polar surface area (TPSA) is 71.7 Å². The second kappa shape index (κ2) is 12.4. The van der Waals surface area contributed by atoms with Gasteiger partial charge in [0.2, 0.25) is 5.89 Å². The van der Waals surface area contributed by atoms with E-state index in [9.17, 15) is 0 Å². The lowest BCUT2D eigenvalue weighted by atomic mass is 10.2. The second-order valence-corrected chi connectivity index (χ2v) is 6.88. The molecule has 0 saturated carbocycles. The van der Waals surface area contributed by atoms with Gasteiger partial charge in [0.15, 0.2) is 5.96 Å². The van der Waals surface area contributed by atoms with Crippen LogP contribution in [-0.2, 0) is 17.9 Å². The van der Waals surface area contributed by atoms with Crippen LogP contribution in [0, 0.1) is 0 Å². The summed E-state index contributed by atoms with van der Waals surface area (Å²) in [6, 6.07) is 20.1. The molecular weight excluding hydrogens is 376 g/mol. The summed E-state index contributed by atoms with van der Waals surface area (Å²) in [5, 5.41) is 6.63. The van der Waals surface area contributed by atoms with Crippen LogP contribution >= 0.6 is 0 Å². The molecule has 6 nitrogen and oxygen atoms in total. The fourth-order valence-corrected chi connectivity index (χ4v) is 2.89. The first-order valence-electron chi connectivity index (χ1n) is 10.5. The number of oxazole rings is 1. The van der Waals surface area contributed by atoms with E-state index in [1.807, 2.05) is 48.5 Å². The average Bonchev–Trinajstić information content (AvgIpc) is 3.27. The molecule has 0 fully saturated rings. The zero-order valence-electron chi connectivity index (χ0n) is 17.5. The van der Waals surface area contributed by atoms with E-state index in [2.05, 4.69) is 39.7 Å². The quantitative estimate of drug-likeness (QED) is 0.281. The molecule has 158 valence electrons. The van der Waals surface area contributed by atoms with Gasteiger partial charge in [-0.05, 0) is 37.5 Å². The highest BCUT2D eigenvalue weighted by Crippen LogP contribution is 2.18. The van der Waals surface area contributed by atoms with Crippen LogP contribution in [0.15, 0.2) is 76.3 Å². The third-order valence-corrected chi connectivity index (χ3v) is 4.44. The molecule has 6 heteroatoms. The van der Waals surface area contributed by atoms with E-state index in [1.165, 1.54) is 5.56 Å². The van der Waals surface area contributed by atoms with Crippen molar-refractivity contribution in [2.24, 2.45) is 4.99 Å². The number of rotatable bonds is 11. The third kappa shape index (κ3) is 7.37. The van der Waals surface area contributed by atoms with Gasteiger partial charge in [-0.15, -0.1) is 0 Å². The van der Waals surface area contributed by atoms with Gasteiger partial charge >= 0.3 is 0 Å². The fraction of sp³-hybridized carbons (Fsp3) is 0.333. The summed E-state index contributed by atoms with van der Waals surface area (Å²) in [7, 11) is 0. The number of hydrogen-bond acceptors (Lipinski definition) is 4. The van der Waals surface area contributed by atoms with Crippen molar-refractivity contribution in [3.8, 4) is 11.5 Å². The highest BCUT2D eigenvalue weighted by atomic mass is 16.5. The van der Waals surface area contributed by atoms with Crippen molar-refractivity contribution in [3.63, 3.8) is 0 Å². The molecule has 0 aliphatic rings. The monoisotopic (exact) mass is 406 g/mol. The van der Waals surface area contributed by atoms with Gasteiger partial charge in [0.05, 0.1) is 13.2 Å². The Balaban J connectivity index is 1.36. The van der Waals surface area contributed by atoms with Gasteiger partial charge in [-0.2, -0.15) is 0 Å². The summed E-state index contributed by atoms with van der Waals surface area (Å²) in [6.07, 6.45) is 3.68. The first kappa shape index (κ1) is 21.6. The predicted molar refractivity (Wildman–Crippen MR) is 120 cm³/mol. The van der Waals surface area contributed by atoms with Gasteiger partial charge in [-0.3, -0.25) is 0 Å². The molecule has 1 aromatic heterocycles. The van der Waals surface area contributed by atoms with Crippen LogP contribution < -0.4 is 10.6 Å². The summed E-state index contributed by atoms with van der Waals surface area (Å²) >= 11 is 0. The van der Waals surface area contributed by atoms with E-state index in [-0.39, 0.29) is 0 Å². The minimum Gasteiger partial charge on any atom is -0.444 e. The van der Waals surface area contributed by atoms with E-state index in [1.54, 1.807) is 6.26 Å². The first-order chi connectivity index (χ1) is 14.8. The van der Waals surface area contributed by atoms with Gasteiger partial charge in [0.1, 0.15) is 12.0 Å². The molecule has 1 heterocycles. The molecule has 0 bridgehead atoms. The normalized spacial score (nSPS) is 11.4. The van der Waals surface area contributed by atoms with Crippen molar-refractivity contribution in [1.82, 2.24) is 15.6 Å². The van der Waals surface area contributed by atoms with Crippen LogP contribution in [0.25, 0.3) is 11.5 Å². The number of guanidine groups is 1. The fourth-order valence-electron chi connectivity index (χ4n) is 2.89. The maximum Gasteiger partial charge on any atom is 0.226 e. The summed E-state index contributed by atoms with van der Waals surface area (Å²) in [4.78, 5) is 9.13. The van der Waals surface area contributed by atoms with E-state index in [4.69, 9.17) is 9.15 Å². The Morgan fingerprint density at radius 3 is 2.53 bits per heavy atom. The maximum atomic E-state index is 5.73. The molecule has 0 amide bonds. The van der Waals surface area contributed by atoms with E-state index < -0.39 is 0 Å². The number of aliphatic imine (C=N–C) groups is 1. The van der Waals surface area contributed by atoms with Crippen molar-refractivity contribution >= 4 is 5.96 Å². The van der Waals surface area contributed by atoms with Gasteiger partial charge in [-0.1, -0.05) is 48.5 Å². The summed E-state index contributed by atoms with van der Waals surface area (Å²) in [6.45, 7) is 5.59. The lowest BCUT2D eigenvalue weighted by Gasteiger charge is -2.11. The van der Waals surface area contributed by atoms with E-state index >= 15 is 0 Å². The first-order valence-corrected chi connectivity index (χ1v) is 10.5. The maximum absolute atomic E-state index is 5.73. The Bertz CT molecular complexity index is 878. The molecule has 0 atom stereocenters. The Kier molecular flexibility index (Phi) is 8.95. The molecule has 0 aliphatic carbocycles. The molecule has 3 rings (SSSR count). The van der Waals surface area contributed by atoms with E-state index in [0.717, 1.165) is 49.8 Å². The summed E-state index contributed by atoms with van der Waals surface area (Å²) in [5.41, 5.74) is 2.98. The number of hydrogen-bond donors (Lipinski definition) is 2. The zero-order valence-corrected chi connectivity index (χ0v) is 17.5. The second-order valence-electron chi connectivity index (χ2n) is 6.88. The number of aromatic nitrogens is 1. The number of nitrogens with zero attached hydrogens (tertiary/aromatic N) is 2. The SMILES string of the molecule is CCNC(=NCc1coc(-c2ccccc2)n1)NCCCCOCc1ccccc1. The minimum atomic E-state index is 0.464. The van der Waals surface area contributed by atoms with Crippen molar-refractivity contribution in [2.45, 2.75) is 32.9 Å². The van der Waals surface area contributed by atoms with Gasteiger partial charge in [0.25, 0.3) is 0 Å². The van der Waals surface area contributed by atoms with E-state index in [0.29, 0.717) is 19.0 Å². The molecule has 0 unspecified atom stereocenters. The molecule has 3 aromatic rings. The van der Waals surface area contributed by atoms with Crippen molar-refractivity contribution in [3.05, 3.63) is 78.2 Å². The van der Waals surface area contributed by atoms with Crippen LogP contribution in [0.2, 0.25) is 0 Å². The average molecular weight is 407 g/mol. The molecule has 0 saturated heterocycles. The largest absolute Gasteiger partial charge is 0.444 e. The Hall–Kier alpha value is -3.12. The van der Waals surface area contributed by atoms with Crippen LogP contribution in [-0.4, -0.2) is 30.6 Å². The Morgan fingerprint density at radius 2 is 1.77 bits per heavy atom. The lowest BCUT2D eigenvalue weighted by molar-refractivity contribution is 0.117. The smallest absolute Gasteiger partial charge is 0.226 e. The van der Waals surface area contributed by atoms with Crippen LogP contribution in [0.5, 0.6) is 0 Å². The summed E-state index contributed by atoms with van der Waals surface area (Å²) < 4.78 is 11.3. The molecular formula is C24H30N4O2. The van der Waals surface area contributed by atoms with Crippen LogP contribution in [0.1, 0.15) is 31.0 Å². The molecule has 2 aromatic carbocycles. The molecule has 0 aliphatic heterocycles. The van der Waals surface area contributed by atoms with Gasteiger partial charge in [0, 0.05) is 25.3 Å². The van der Waals surface area contributed by atoms with Crippen molar-refractivity contribution in [1.29, 1.82) is 0 Å². The Morgan fingerprint density at radius 1 is 1.00 bits per heavy atom. The molecule has 0 radical (unpaired) electrons. The predicted octanol–water partition coefficient (Wildman–Crippen LogP) is 4.39. The summed E-state index contributed by atoms with van der Waals surface area (Å²) in [5.74, 6) is 1.40. The molecule has 0 spiro atoms. The Labute approximate surface area is 178 Å². The number of unbranched alkanes of at least 4 members (excludes halogenated alkanes) is 1. The lowest BCUT2D eigenvalue weighted by Crippen LogP contribution is -2.37. The molecule has 2 N–H and O–H groups in total. The molecule has 30 heavy (non-hydrogen) atoms. The highest BCUT2D eigenvalue weighted by Gasteiger charge is 2.06. The third-order valence-electron chi connectivity index (χ3n) is 4.44. The number of ether oxygens (including phenoxy) is 1. The highest BCUT2D eigenvalue weighted by molar-refractivity contribution is 5.79. The number of benzene rings is 2. The van der Waals surface area contributed by atoms with Crippen LogP contribution in [0.4, 0.5) is 0 Å². The van der Waals surface area contributed by atoms with Gasteiger partial charge in [-0.25, -0.2) is 9.98 Å². The van der Waals surface area contributed by atoms with Crippen molar-refractivity contribution < 1.29 is 9.15 Å².